The van der Waals surface area contributed by atoms with E-state index in [0.717, 1.165) is 29.9 Å². The number of ketones is 1. The number of ether oxygens (including phenoxy) is 2. The Bertz CT molecular complexity index is 1050. The summed E-state index contributed by atoms with van der Waals surface area (Å²) in [4.78, 5) is 22.0. The predicted molar refractivity (Wildman–Crippen MR) is 111 cm³/mol. The van der Waals surface area contributed by atoms with Gasteiger partial charge >= 0.3 is 0 Å². The Morgan fingerprint density at radius 3 is 2.76 bits per heavy atom. The number of methoxy groups -OCH3 is 2. The molecule has 0 saturated carbocycles. The van der Waals surface area contributed by atoms with E-state index in [0.29, 0.717) is 40.8 Å². The van der Waals surface area contributed by atoms with Gasteiger partial charge in [-0.3, -0.25) is 4.79 Å². The van der Waals surface area contributed by atoms with Gasteiger partial charge in [0.05, 0.1) is 25.5 Å². The van der Waals surface area contributed by atoms with Gasteiger partial charge in [0.25, 0.3) is 5.78 Å². The molecule has 1 atom stereocenters. The van der Waals surface area contributed by atoms with Crippen molar-refractivity contribution < 1.29 is 14.3 Å². The molecule has 0 fully saturated rings. The van der Waals surface area contributed by atoms with Crippen LogP contribution in [0.25, 0.3) is 5.78 Å². The molecule has 1 unspecified atom stereocenters. The van der Waals surface area contributed by atoms with E-state index in [4.69, 9.17) is 9.47 Å². The monoisotopic (exact) mass is 412 g/mol. The second kappa shape index (κ2) is 8.41. The van der Waals surface area contributed by atoms with Gasteiger partial charge in [0.2, 0.25) is 5.16 Å². The van der Waals surface area contributed by atoms with Crippen molar-refractivity contribution in [2.45, 2.75) is 43.7 Å². The number of Topliss-reactive ketones (excluding diaryl/α,β-unsaturated/α-hetero) is 1. The SMILES string of the molecule is CCCCSc1nc2nc3c(cn2n1)C(=O)CC(c1ccc(OC)c(OC)c1)C3. The highest BCUT2D eigenvalue weighted by molar-refractivity contribution is 7.99. The van der Waals surface area contributed by atoms with Gasteiger partial charge in [-0.2, -0.15) is 4.98 Å². The molecule has 7 nitrogen and oxygen atoms in total. The van der Waals surface area contributed by atoms with E-state index in [1.807, 2.05) is 18.2 Å². The topological polar surface area (TPSA) is 78.6 Å². The number of hydrogen-bond acceptors (Lipinski definition) is 7. The van der Waals surface area contributed by atoms with Crippen LogP contribution in [0.5, 0.6) is 11.5 Å². The van der Waals surface area contributed by atoms with E-state index in [9.17, 15) is 4.79 Å². The summed E-state index contributed by atoms with van der Waals surface area (Å²) in [6, 6.07) is 5.81. The van der Waals surface area contributed by atoms with Crippen LogP contribution in [0.2, 0.25) is 0 Å². The Hall–Kier alpha value is -2.61. The molecule has 0 amide bonds. The summed E-state index contributed by atoms with van der Waals surface area (Å²) < 4.78 is 12.4. The summed E-state index contributed by atoms with van der Waals surface area (Å²) in [5, 5.41) is 5.18. The van der Waals surface area contributed by atoms with E-state index in [1.165, 1.54) is 0 Å². The summed E-state index contributed by atoms with van der Waals surface area (Å²) >= 11 is 1.63. The van der Waals surface area contributed by atoms with Gasteiger partial charge in [0.15, 0.2) is 17.3 Å². The number of carbonyl (C=O) groups excluding carboxylic acids is 1. The van der Waals surface area contributed by atoms with Gasteiger partial charge in [0, 0.05) is 18.4 Å². The number of nitrogens with zero attached hydrogens (tertiary/aromatic N) is 4. The van der Waals surface area contributed by atoms with E-state index in [-0.39, 0.29) is 11.7 Å². The van der Waals surface area contributed by atoms with Gasteiger partial charge < -0.3 is 9.47 Å². The zero-order chi connectivity index (χ0) is 20.4. The Balaban J connectivity index is 1.62. The summed E-state index contributed by atoms with van der Waals surface area (Å²) in [5.41, 5.74) is 2.47. The van der Waals surface area contributed by atoms with Gasteiger partial charge in [-0.15, -0.1) is 5.10 Å². The quantitative estimate of drug-likeness (QED) is 0.429. The molecule has 0 aliphatic heterocycles. The lowest BCUT2D eigenvalue weighted by Crippen LogP contribution is -2.21. The molecule has 0 spiro atoms. The second-order valence-electron chi connectivity index (χ2n) is 7.09. The molecule has 0 saturated heterocycles. The Morgan fingerprint density at radius 1 is 1.17 bits per heavy atom. The first-order chi connectivity index (χ1) is 14.1. The molecule has 0 bridgehead atoms. The number of hydrogen-bond donors (Lipinski definition) is 0. The summed E-state index contributed by atoms with van der Waals surface area (Å²) in [7, 11) is 3.23. The normalized spacial score (nSPS) is 16.1. The first-order valence-electron chi connectivity index (χ1n) is 9.77. The predicted octanol–water partition coefficient (Wildman–Crippen LogP) is 3.95. The largest absolute Gasteiger partial charge is 0.493 e. The Kier molecular flexibility index (Phi) is 5.71. The number of benzene rings is 1. The van der Waals surface area contributed by atoms with Gasteiger partial charge in [-0.05, 0) is 36.5 Å². The lowest BCUT2D eigenvalue weighted by atomic mass is 9.82. The average molecular weight is 413 g/mol. The fourth-order valence-electron chi connectivity index (χ4n) is 3.58. The van der Waals surface area contributed by atoms with Gasteiger partial charge in [0.1, 0.15) is 0 Å². The molecule has 8 heteroatoms. The number of aromatic nitrogens is 4. The molecule has 3 aromatic rings. The van der Waals surface area contributed by atoms with Crippen LogP contribution in [-0.4, -0.2) is 45.3 Å². The molecule has 1 aromatic carbocycles. The van der Waals surface area contributed by atoms with Crippen molar-refractivity contribution in [3.05, 3.63) is 41.2 Å². The van der Waals surface area contributed by atoms with E-state index in [2.05, 4.69) is 22.0 Å². The maximum atomic E-state index is 12.8. The van der Waals surface area contributed by atoms with Gasteiger partial charge in [-0.25, -0.2) is 9.50 Å². The zero-order valence-electron chi connectivity index (χ0n) is 16.8. The van der Waals surface area contributed by atoms with Crippen molar-refractivity contribution >= 4 is 23.3 Å². The molecular weight excluding hydrogens is 388 g/mol. The third-order valence-electron chi connectivity index (χ3n) is 5.17. The van der Waals surface area contributed by atoms with Gasteiger partial charge in [-0.1, -0.05) is 31.2 Å². The Labute approximate surface area is 173 Å². The molecule has 29 heavy (non-hydrogen) atoms. The first kappa shape index (κ1) is 19.7. The minimum Gasteiger partial charge on any atom is -0.493 e. The van der Waals surface area contributed by atoms with Crippen molar-refractivity contribution in [2.24, 2.45) is 0 Å². The maximum Gasteiger partial charge on any atom is 0.253 e. The summed E-state index contributed by atoms with van der Waals surface area (Å²) in [6.07, 6.45) is 5.15. The fourth-order valence-corrected chi connectivity index (χ4v) is 4.48. The van der Waals surface area contributed by atoms with E-state index < -0.39 is 0 Å². The van der Waals surface area contributed by atoms with Crippen LogP contribution in [0.15, 0.2) is 29.6 Å². The minimum atomic E-state index is 0.0473. The van der Waals surface area contributed by atoms with Crippen LogP contribution >= 0.6 is 11.8 Å². The third-order valence-corrected chi connectivity index (χ3v) is 6.10. The van der Waals surface area contributed by atoms with Crippen LogP contribution in [0.1, 0.15) is 53.7 Å². The molecule has 4 rings (SSSR count). The number of fused-ring (bicyclic) bond motifs is 2. The molecule has 2 aromatic heterocycles. The van der Waals surface area contributed by atoms with E-state index in [1.54, 1.807) is 36.7 Å². The smallest absolute Gasteiger partial charge is 0.253 e. The highest BCUT2D eigenvalue weighted by atomic mass is 32.2. The highest BCUT2D eigenvalue weighted by Crippen LogP contribution is 2.36. The molecule has 0 radical (unpaired) electrons. The number of carbonyl (C=O) groups is 1. The van der Waals surface area contributed by atoms with E-state index >= 15 is 0 Å². The van der Waals surface area contributed by atoms with Crippen molar-refractivity contribution in [3.8, 4) is 11.5 Å². The molecule has 1 aliphatic rings. The van der Waals surface area contributed by atoms with Crippen LogP contribution < -0.4 is 9.47 Å². The second-order valence-corrected chi connectivity index (χ2v) is 8.15. The standard InChI is InChI=1S/C21H24N4O3S/c1-4-5-8-29-21-23-20-22-16-9-14(10-17(26)15(16)12-25(20)24-21)13-6-7-18(27-2)19(11-13)28-3/h6-7,11-12,14H,4-5,8-10H2,1-3H3. The molecule has 0 N–H and O–H groups in total. The number of rotatable bonds is 7. The minimum absolute atomic E-state index is 0.0473. The van der Waals surface area contributed by atoms with Crippen molar-refractivity contribution in [3.63, 3.8) is 0 Å². The van der Waals surface area contributed by atoms with Crippen molar-refractivity contribution in [1.29, 1.82) is 0 Å². The molecule has 1 aliphatic carbocycles. The van der Waals surface area contributed by atoms with Crippen LogP contribution in [0.3, 0.4) is 0 Å². The lowest BCUT2D eigenvalue weighted by molar-refractivity contribution is 0.0962. The van der Waals surface area contributed by atoms with Crippen LogP contribution in [-0.2, 0) is 6.42 Å². The summed E-state index contributed by atoms with van der Waals surface area (Å²) in [6.45, 7) is 2.16. The number of thioether (sulfide) groups is 1. The number of unbranched alkanes of at least 4 members (excludes halogenated alkanes) is 1. The first-order valence-corrected chi connectivity index (χ1v) is 10.8. The third kappa shape index (κ3) is 3.94. The van der Waals surface area contributed by atoms with Crippen LogP contribution in [0.4, 0.5) is 0 Å². The Morgan fingerprint density at radius 2 is 2.00 bits per heavy atom. The zero-order valence-corrected chi connectivity index (χ0v) is 17.7. The van der Waals surface area contributed by atoms with Crippen molar-refractivity contribution in [1.82, 2.24) is 19.6 Å². The maximum absolute atomic E-state index is 12.8. The molecular formula is C21H24N4O3S. The van der Waals surface area contributed by atoms with Crippen molar-refractivity contribution in [2.75, 3.05) is 20.0 Å². The lowest BCUT2D eigenvalue weighted by Gasteiger charge is -2.23. The average Bonchev–Trinajstić information content (AvgIpc) is 3.13. The van der Waals surface area contributed by atoms with Crippen LogP contribution in [0, 0.1) is 0 Å². The fraction of sp³-hybridized carbons (Fsp3) is 0.429. The highest BCUT2D eigenvalue weighted by Gasteiger charge is 2.29. The molecule has 2 heterocycles. The molecule has 152 valence electrons. The summed E-state index contributed by atoms with van der Waals surface area (Å²) in [5.74, 6) is 2.99.